The summed E-state index contributed by atoms with van der Waals surface area (Å²) in [5.74, 6) is 0.775. The molecule has 0 bridgehead atoms. The number of amides is 2. The molecule has 150 valence electrons. The molecule has 3 atom stereocenters. The van der Waals surface area contributed by atoms with E-state index in [0.29, 0.717) is 12.1 Å². The molecule has 0 spiro atoms. The van der Waals surface area contributed by atoms with E-state index in [4.69, 9.17) is 4.74 Å². The van der Waals surface area contributed by atoms with Crippen molar-refractivity contribution in [2.24, 2.45) is 5.92 Å². The molecule has 3 fully saturated rings. The van der Waals surface area contributed by atoms with E-state index in [0.717, 1.165) is 44.1 Å². The lowest BCUT2D eigenvalue weighted by molar-refractivity contribution is -0.0581. The van der Waals surface area contributed by atoms with Crippen LogP contribution in [0.15, 0.2) is 42.5 Å². The Labute approximate surface area is 171 Å². The van der Waals surface area contributed by atoms with Gasteiger partial charge in [0.25, 0.3) is 0 Å². The maximum atomic E-state index is 12.6. The summed E-state index contributed by atoms with van der Waals surface area (Å²) in [5, 5.41) is 6.22. The van der Waals surface area contributed by atoms with Crippen molar-refractivity contribution < 1.29 is 9.53 Å². The predicted molar refractivity (Wildman–Crippen MR) is 113 cm³/mol. The summed E-state index contributed by atoms with van der Waals surface area (Å²) in [7, 11) is 0. The Hall–Kier alpha value is -2.37. The first-order chi connectivity index (χ1) is 14.2. The van der Waals surface area contributed by atoms with Crippen LogP contribution in [-0.2, 0) is 11.2 Å². The largest absolute Gasteiger partial charge is 0.375 e. The number of anilines is 1. The number of rotatable bonds is 3. The molecule has 2 aromatic rings. The monoisotopic (exact) mass is 389 g/mol. The lowest BCUT2D eigenvalue weighted by Gasteiger charge is -2.35. The molecule has 0 radical (unpaired) electrons. The number of benzene rings is 2. The van der Waals surface area contributed by atoms with Crippen molar-refractivity contribution >= 4 is 11.7 Å². The van der Waals surface area contributed by atoms with Gasteiger partial charge in [0.2, 0.25) is 0 Å². The molecule has 0 unspecified atom stereocenters. The van der Waals surface area contributed by atoms with Crippen LogP contribution in [0.5, 0.6) is 0 Å². The molecule has 29 heavy (non-hydrogen) atoms. The van der Waals surface area contributed by atoms with Gasteiger partial charge in [0.05, 0.1) is 12.7 Å². The molecule has 5 nitrogen and oxygen atoms in total. The molecule has 5 heteroatoms. The van der Waals surface area contributed by atoms with Crippen molar-refractivity contribution in [3.05, 3.63) is 53.6 Å². The number of ether oxygens (including phenoxy) is 1. The van der Waals surface area contributed by atoms with E-state index in [2.05, 4.69) is 51.9 Å². The van der Waals surface area contributed by atoms with E-state index >= 15 is 0 Å². The number of carbonyl (C=O) groups is 1. The van der Waals surface area contributed by atoms with E-state index in [-0.39, 0.29) is 12.1 Å². The maximum absolute atomic E-state index is 12.6. The van der Waals surface area contributed by atoms with Gasteiger partial charge in [0, 0.05) is 30.9 Å². The minimum atomic E-state index is -0.107. The molecular weight excluding hydrogens is 362 g/mol. The molecule has 1 saturated carbocycles. The van der Waals surface area contributed by atoms with Crippen molar-refractivity contribution in [3.63, 3.8) is 0 Å². The Balaban J connectivity index is 1.07. The molecule has 2 aliphatic heterocycles. The van der Waals surface area contributed by atoms with Crippen LogP contribution < -0.4 is 10.6 Å². The molecule has 6 rings (SSSR count). The topological polar surface area (TPSA) is 53.6 Å². The van der Waals surface area contributed by atoms with Crippen LogP contribution in [0.25, 0.3) is 11.1 Å². The van der Waals surface area contributed by atoms with Crippen LogP contribution in [0.1, 0.15) is 30.4 Å². The van der Waals surface area contributed by atoms with Crippen molar-refractivity contribution in [3.8, 4) is 11.1 Å². The minimum Gasteiger partial charge on any atom is -0.375 e. The first-order valence-corrected chi connectivity index (χ1v) is 10.9. The van der Waals surface area contributed by atoms with Crippen molar-refractivity contribution in [1.29, 1.82) is 0 Å². The van der Waals surface area contributed by atoms with Crippen molar-refractivity contribution in [1.82, 2.24) is 10.2 Å². The quantitative estimate of drug-likeness (QED) is 0.719. The summed E-state index contributed by atoms with van der Waals surface area (Å²) in [4.78, 5) is 15.1. The van der Waals surface area contributed by atoms with Crippen LogP contribution >= 0.6 is 0 Å². The Kier molecular flexibility index (Phi) is 4.13. The summed E-state index contributed by atoms with van der Waals surface area (Å²) in [6.07, 6.45) is 4.96. The number of carbonyl (C=O) groups excluding carboxylic acids is 1. The number of hydrogen-bond acceptors (Lipinski definition) is 3. The highest BCUT2D eigenvalue weighted by atomic mass is 16.5. The fourth-order valence-corrected chi connectivity index (χ4v) is 5.33. The van der Waals surface area contributed by atoms with Crippen LogP contribution in [0.4, 0.5) is 10.5 Å². The third kappa shape index (κ3) is 3.32. The standard InChI is InChI=1S/C24H27N3O2/c28-24(26-19-11-20-14-29-23(15-5-6-15)13-27(20)12-19)25-18-7-8-22-17(10-18)9-16-3-1-2-4-21(16)22/h1-4,7-8,10,15,19-20,23H,5-6,9,11-14H2,(H2,25,26,28)/t19-,20-,23-/m0/s1. The third-order valence-electron chi connectivity index (χ3n) is 6.98. The van der Waals surface area contributed by atoms with E-state index in [1.54, 1.807) is 0 Å². The second-order valence-corrected chi connectivity index (χ2v) is 9.05. The summed E-state index contributed by atoms with van der Waals surface area (Å²) in [6.45, 7) is 2.77. The highest BCUT2D eigenvalue weighted by Crippen LogP contribution is 2.38. The van der Waals surface area contributed by atoms with Crippen LogP contribution in [-0.4, -0.2) is 48.8 Å². The van der Waals surface area contributed by atoms with Crippen molar-refractivity contribution in [2.45, 2.75) is 43.9 Å². The number of morpholine rings is 1. The zero-order valence-corrected chi connectivity index (χ0v) is 16.6. The Bertz CT molecular complexity index is 955. The van der Waals surface area contributed by atoms with E-state index < -0.39 is 0 Å². The normalized spacial score (nSPS) is 27.8. The Morgan fingerprint density at radius 3 is 2.79 bits per heavy atom. The Morgan fingerprint density at radius 1 is 1.03 bits per heavy atom. The SMILES string of the molecule is O=C(Nc1ccc2c(c1)Cc1ccccc1-2)N[C@H]1C[C@H]2CO[C@H](C3CC3)CN2C1. The van der Waals surface area contributed by atoms with Crippen LogP contribution in [0.3, 0.4) is 0 Å². The number of hydrogen-bond donors (Lipinski definition) is 2. The van der Waals surface area contributed by atoms with E-state index in [1.165, 1.54) is 35.1 Å². The molecule has 2 saturated heterocycles. The molecule has 2 amide bonds. The number of nitrogens with zero attached hydrogens (tertiary/aromatic N) is 1. The molecule has 0 aromatic heterocycles. The molecule has 4 aliphatic rings. The maximum Gasteiger partial charge on any atom is 0.319 e. The van der Waals surface area contributed by atoms with E-state index in [1.807, 2.05) is 6.07 Å². The highest BCUT2D eigenvalue weighted by molar-refractivity contribution is 5.90. The van der Waals surface area contributed by atoms with Gasteiger partial charge in [-0.3, -0.25) is 4.90 Å². The van der Waals surface area contributed by atoms with Gasteiger partial charge in [0.15, 0.2) is 0 Å². The van der Waals surface area contributed by atoms with Gasteiger partial charge < -0.3 is 15.4 Å². The molecule has 2 heterocycles. The molecule has 2 aromatic carbocycles. The predicted octanol–water partition coefficient (Wildman–Crippen LogP) is 3.63. The fourth-order valence-electron chi connectivity index (χ4n) is 5.33. The Morgan fingerprint density at radius 2 is 1.90 bits per heavy atom. The summed E-state index contributed by atoms with van der Waals surface area (Å²) < 4.78 is 6.06. The zero-order valence-electron chi connectivity index (χ0n) is 16.6. The van der Waals surface area contributed by atoms with Crippen molar-refractivity contribution in [2.75, 3.05) is 25.0 Å². The number of fused-ring (bicyclic) bond motifs is 4. The average Bonchev–Trinajstić information content (AvgIpc) is 3.39. The third-order valence-corrected chi connectivity index (χ3v) is 6.98. The van der Waals surface area contributed by atoms with Gasteiger partial charge in [-0.15, -0.1) is 0 Å². The van der Waals surface area contributed by atoms with Gasteiger partial charge in [0.1, 0.15) is 0 Å². The number of nitrogens with one attached hydrogen (secondary N) is 2. The highest BCUT2D eigenvalue weighted by Gasteiger charge is 2.42. The van der Waals surface area contributed by atoms with E-state index in [9.17, 15) is 4.79 Å². The second-order valence-electron chi connectivity index (χ2n) is 9.05. The summed E-state index contributed by atoms with van der Waals surface area (Å²) >= 11 is 0. The molecule has 2 aliphatic carbocycles. The first kappa shape index (κ1) is 17.5. The van der Waals surface area contributed by atoms with Gasteiger partial charge in [-0.05, 0) is 66.0 Å². The molecular formula is C24H27N3O2. The zero-order chi connectivity index (χ0) is 19.4. The first-order valence-electron chi connectivity index (χ1n) is 10.9. The van der Waals surface area contributed by atoms with Gasteiger partial charge in [-0.25, -0.2) is 4.79 Å². The minimum absolute atomic E-state index is 0.107. The van der Waals surface area contributed by atoms with Gasteiger partial charge >= 0.3 is 6.03 Å². The lowest BCUT2D eigenvalue weighted by atomic mass is 10.1. The molecule has 2 N–H and O–H groups in total. The lowest BCUT2D eigenvalue weighted by Crippen LogP contribution is -2.47. The van der Waals surface area contributed by atoms with Crippen LogP contribution in [0.2, 0.25) is 0 Å². The van der Waals surface area contributed by atoms with Gasteiger partial charge in [-0.1, -0.05) is 30.3 Å². The average molecular weight is 389 g/mol. The van der Waals surface area contributed by atoms with Gasteiger partial charge in [-0.2, -0.15) is 0 Å². The second kappa shape index (κ2) is 6.85. The number of urea groups is 1. The van der Waals surface area contributed by atoms with Crippen LogP contribution in [0, 0.1) is 5.92 Å². The summed E-state index contributed by atoms with van der Waals surface area (Å²) in [6, 6.07) is 15.3. The smallest absolute Gasteiger partial charge is 0.319 e. The fraction of sp³-hybridized carbons (Fsp3) is 0.458. The summed E-state index contributed by atoms with van der Waals surface area (Å²) in [5.41, 5.74) is 6.10.